The average molecular weight is 482 g/mol. The lowest BCUT2D eigenvalue weighted by Gasteiger charge is -2.41. The molecular weight excluding hydrogens is 457 g/mol. The standard InChI is InChI=1S/C22H25ClFN3O6/c1-11-9-25(6-7-26(11)22(31)33-12(2)23)18-16(24)8-14-17(20(18)32-3)27(13-4-5-13)10-15(19(14)28)21(29)30/h8,10-13H,4-7,9H2,1-3H3,(H,29,30). The molecule has 2 unspecified atom stereocenters. The number of alkyl halides is 1. The van der Waals surface area contributed by atoms with Crippen LogP contribution in [0.25, 0.3) is 10.9 Å². The van der Waals surface area contributed by atoms with Crippen molar-refractivity contribution in [2.24, 2.45) is 0 Å². The minimum Gasteiger partial charge on any atom is -0.492 e. The van der Waals surface area contributed by atoms with Gasteiger partial charge in [0.05, 0.1) is 18.0 Å². The summed E-state index contributed by atoms with van der Waals surface area (Å²) in [5, 5.41) is 9.43. The number of methoxy groups -OCH3 is 1. The van der Waals surface area contributed by atoms with Gasteiger partial charge < -0.3 is 28.9 Å². The Bertz CT molecular complexity index is 1180. The minimum atomic E-state index is -1.36. The largest absolute Gasteiger partial charge is 0.492 e. The van der Waals surface area contributed by atoms with Crippen LogP contribution in [-0.2, 0) is 4.74 Å². The summed E-state index contributed by atoms with van der Waals surface area (Å²) >= 11 is 5.76. The molecule has 1 aliphatic heterocycles. The van der Waals surface area contributed by atoms with Gasteiger partial charge in [-0.3, -0.25) is 4.79 Å². The van der Waals surface area contributed by atoms with Crippen molar-refractivity contribution in [1.29, 1.82) is 0 Å². The number of piperazine rings is 1. The Balaban J connectivity index is 1.80. The summed E-state index contributed by atoms with van der Waals surface area (Å²) in [6, 6.07) is 0.796. The van der Waals surface area contributed by atoms with Crippen molar-refractivity contribution in [1.82, 2.24) is 9.47 Å². The molecule has 2 fully saturated rings. The van der Waals surface area contributed by atoms with E-state index in [2.05, 4.69) is 0 Å². The number of rotatable bonds is 5. The number of carboxylic acids is 1. The molecule has 1 saturated heterocycles. The molecular formula is C22H25ClFN3O6. The highest BCUT2D eigenvalue weighted by molar-refractivity contribution is 6.19. The molecule has 4 rings (SSSR count). The molecule has 1 aliphatic carbocycles. The van der Waals surface area contributed by atoms with Crippen LogP contribution in [0.15, 0.2) is 17.1 Å². The summed E-state index contributed by atoms with van der Waals surface area (Å²) in [4.78, 5) is 40.0. The fourth-order valence-electron chi connectivity index (χ4n) is 4.36. The second-order valence-electron chi connectivity index (χ2n) is 8.37. The van der Waals surface area contributed by atoms with Gasteiger partial charge in [0.1, 0.15) is 11.3 Å². The van der Waals surface area contributed by atoms with Crippen molar-refractivity contribution < 1.29 is 28.6 Å². The quantitative estimate of drug-likeness (QED) is 0.653. The van der Waals surface area contributed by atoms with Gasteiger partial charge in [-0.25, -0.2) is 14.0 Å². The van der Waals surface area contributed by atoms with Crippen molar-refractivity contribution in [3.05, 3.63) is 33.9 Å². The SMILES string of the molecule is COc1c(N2CCN(C(=O)OC(C)Cl)C(C)C2)c(F)cc2c(=O)c(C(=O)O)cn(C3CC3)c12. The highest BCUT2D eigenvalue weighted by Crippen LogP contribution is 2.44. The number of nitrogens with zero attached hydrogens (tertiary/aromatic N) is 3. The fraction of sp³-hybridized carbons (Fsp3) is 0.500. The molecule has 9 nitrogen and oxygen atoms in total. The first-order valence-electron chi connectivity index (χ1n) is 10.7. The average Bonchev–Trinajstić information content (AvgIpc) is 3.57. The number of carbonyl (C=O) groups excluding carboxylic acids is 1. The molecule has 2 atom stereocenters. The predicted octanol–water partition coefficient (Wildman–Crippen LogP) is 3.41. The molecule has 0 radical (unpaired) electrons. The lowest BCUT2D eigenvalue weighted by atomic mass is 10.1. The Kier molecular flexibility index (Phi) is 6.13. The van der Waals surface area contributed by atoms with Crippen molar-refractivity contribution in [2.45, 2.75) is 44.3 Å². The number of hydrogen-bond donors (Lipinski definition) is 1. The number of aromatic nitrogens is 1. The van der Waals surface area contributed by atoms with E-state index >= 15 is 4.39 Å². The summed E-state index contributed by atoms with van der Waals surface area (Å²) in [5.41, 5.74) is -1.38. The number of carbonyl (C=O) groups is 2. The minimum absolute atomic E-state index is 0.0153. The third kappa shape index (κ3) is 4.19. The molecule has 33 heavy (non-hydrogen) atoms. The maximum atomic E-state index is 15.4. The number of fused-ring (bicyclic) bond motifs is 1. The highest BCUT2D eigenvalue weighted by Gasteiger charge is 2.34. The number of aromatic carboxylic acids is 1. The lowest BCUT2D eigenvalue weighted by molar-refractivity contribution is 0.0693. The molecule has 1 saturated carbocycles. The van der Waals surface area contributed by atoms with Gasteiger partial charge in [0.25, 0.3) is 0 Å². The van der Waals surface area contributed by atoms with Crippen LogP contribution in [0.3, 0.4) is 0 Å². The van der Waals surface area contributed by atoms with Crippen LogP contribution in [0, 0.1) is 5.82 Å². The van der Waals surface area contributed by atoms with E-state index in [4.69, 9.17) is 21.1 Å². The first-order valence-corrected chi connectivity index (χ1v) is 11.1. The molecule has 2 aromatic rings. The first-order chi connectivity index (χ1) is 15.6. The van der Waals surface area contributed by atoms with Crippen LogP contribution in [0.5, 0.6) is 5.75 Å². The Labute approximate surface area is 194 Å². The molecule has 1 amide bonds. The number of hydrogen-bond acceptors (Lipinski definition) is 6. The molecule has 178 valence electrons. The Morgan fingerprint density at radius 3 is 2.55 bits per heavy atom. The number of carboxylic acid groups (broad SMARTS) is 1. The maximum Gasteiger partial charge on any atom is 0.411 e. The summed E-state index contributed by atoms with van der Waals surface area (Å²) in [5.74, 6) is -1.88. The van der Waals surface area contributed by atoms with Crippen molar-refractivity contribution in [3.8, 4) is 5.75 Å². The summed E-state index contributed by atoms with van der Waals surface area (Å²) in [7, 11) is 1.39. The molecule has 1 aromatic carbocycles. The normalized spacial score (nSPS) is 19.5. The Morgan fingerprint density at radius 2 is 2.00 bits per heavy atom. The fourth-order valence-corrected chi connectivity index (χ4v) is 4.44. The molecule has 0 bridgehead atoms. The van der Waals surface area contributed by atoms with E-state index in [1.54, 1.807) is 16.4 Å². The summed E-state index contributed by atoms with van der Waals surface area (Å²) < 4.78 is 27.8. The van der Waals surface area contributed by atoms with E-state index in [0.29, 0.717) is 18.6 Å². The van der Waals surface area contributed by atoms with Gasteiger partial charge in [0, 0.05) is 37.9 Å². The van der Waals surface area contributed by atoms with Crippen molar-refractivity contribution in [2.75, 3.05) is 31.6 Å². The van der Waals surface area contributed by atoms with E-state index in [9.17, 15) is 19.5 Å². The zero-order chi connectivity index (χ0) is 24.0. The van der Waals surface area contributed by atoms with Gasteiger partial charge in [0.15, 0.2) is 17.1 Å². The lowest BCUT2D eigenvalue weighted by Crippen LogP contribution is -2.54. The monoisotopic (exact) mass is 481 g/mol. The van der Waals surface area contributed by atoms with Gasteiger partial charge in [0.2, 0.25) is 5.43 Å². The zero-order valence-corrected chi connectivity index (χ0v) is 19.3. The Hall–Kier alpha value is -3.01. The van der Waals surface area contributed by atoms with E-state index in [-0.39, 0.29) is 35.5 Å². The maximum absolute atomic E-state index is 15.4. The molecule has 11 heteroatoms. The predicted molar refractivity (Wildman–Crippen MR) is 120 cm³/mol. The van der Waals surface area contributed by atoms with E-state index in [0.717, 1.165) is 18.9 Å². The first kappa shape index (κ1) is 23.2. The van der Waals surface area contributed by atoms with E-state index in [1.165, 1.54) is 18.2 Å². The van der Waals surface area contributed by atoms with E-state index < -0.39 is 34.4 Å². The number of ether oxygens (including phenoxy) is 2. The van der Waals surface area contributed by atoms with Crippen LogP contribution in [-0.4, -0.2) is 65.0 Å². The van der Waals surface area contributed by atoms with Crippen LogP contribution in [0.4, 0.5) is 14.9 Å². The number of pyridine rings is 1. The summed E-state index contributed by atoms with van der Waals surface area (Å²) in [6.45, 7) is 4.24. The molecule has 1 N–H and O–H groups in total. The number of amides is 1. The third-order valence-electron chi connectivity index (χ3n) is 6.01. The van der Waals surface area contributed by atoms with Gasteiger partial charge in [-0.05, 0) is 32.8 Å². The number of halogens is 2. The Morgan fingerprint density at radius 1 is 1.30 bits per heavy atom. The smallest absolute Gasteiger partial charge is 0.411 e. The van der Waals surface area contributed by atoms with Crippen molar-refractivity contribution in [3.63, 3.8) is 0 Å². The van der Waals surface area contributed by atoms with Crippen LogP contribution in [0.2, 0.25) is 0 Å². The topological polar surface area (TPSA) is 101 Å². The highest BCUT2D eigenvalue weighted by atomic mass is 35.5. The van der Waals surface area contributed by atoms with Crippen LogP contribution < -0.4 is 15.1 Å². The van der Waals surface area contributed by atoms with Gasteiger partial charge in [-0.15, -0.1) is 0 Å². The van der Waals surface area contributed by atoms with Gasteiger partial charge in [-0.1, -0.05) is 11.6 Å². The molecule has 2 heterocycles. The zero-order valence-electron chi connectivity index (χ0n) is 18.5. The third-order valence-corrected chi connectivity index (χ3v) is 6.10. The summed E-state index contributed by atoms with van der Waals surface area (Å²) in [6.07, 6.45) is 2.42. The number of anilines is 1. The second-order valence-corrected chi connectivity index (χ2v) is 8.98. The van der Waals surface area contributed by atoms with Crippen LogP contribution >= 0.6 is 11.6 Å². The van der Waals surface area contributed by atoms with Gasteiger partial charge >= 0.3 is 12.1 Å². The van der Waals surface area contributed by atoms with Gasteiger partial charge in [-0.2, -0.15) is 0 Å². The number of benzene rings is 1. The molecule has 2 aliphatic rings. The molecule has 0 spiro atoms. The van der Waals surface area contributed by atoms with E-state index in [1.807, 2.05) is 6.92 Å². The van der Waals surface area contributed by atoms with Crippen LogP contribution in [0.1, 0.15) is 43.1 Å². The second kappa shape index (κ2) is 8.74. The van der Waals surface area contributed by atoms with Crippen molar-refractivity contribution >= 4 is 40.3 Å². The molecule has 1 aromatic heterocycles.